The fraction of sp³-hybridized carbons (Fsp3) is 0.267. The standard InChI is InChI=1S/C15H18N4O2/c1-11(10-13(20)12-6-3-2-4-7-12)17-15(21)18-14-8-5-9-16-19-14/h2-9,11,13,20H,10H2,1H3,(H2,17,18,19,21). The summed E-state index contributed by atoms with van der Waals surface area (Å²) in [6.07, 6.45) is 1.35. The minimum absolute atomic E-state index is 0.183. The summed E-state index contributed by atoms with van der Waals surface area (Å²) in [6.45, 7) is 1.84. The van der Waals surface area contributed by atoms with Crippen LogP contribution in [0.1, 0.15) is 25.0 Å². The molecular weight excluding hydrogens is 268 g/mol. The Hall–Kier alpha value is -2.47. The molecule has 1 aromatic heterocycles. The smallest absolute Gasteiger partial charge is 0.320 e. The van der Waals surface area contributed by atoms with E-state index in [-0.39, 0.29) is 12.1 Å². The molecule has 0 aliphatic heterocycles. The lowest BCUT2D eigenvalue weighted by Crippen LogP contribution is -2.37. The number of benzene rings is 1. The maximum absolute atomic E-state index is 11.8. The van der Waals surface area contributed by atoms with E-state index in [0.717, 1.165) is 5.56 Å². The van der Waals surface area contributed by atoms with Gasteiger partial charge in [-0.3, -0.25) is 5.32 Å². The number of anilines is 1. The predicted octanol–water partition coefficient (Wildman–Crippen LogP) is 2.11. The van der Waals surface area contributed by atoms with E-state index in [9.17, 15) is 9.90 Å². The molecule has 2 amide bonds. The number of nitrogens with zero attached hydrogens (tertiary/aromatic N) is 2. The first-order valence-corrected chi connectivity index (χ1v) is 6.73. The molecule has 1 heterocycles. The van der Waals surface area contributed by atoms with Gasteiger partial charge in [0.25, 0.3) is 0 Å². The molecule has 110 valence electrons. The minimum atomic E-state index is -0.613. The Morgan fingerprint density at radius 1 is 1.24 bits per heavy atom. The summed E-state index contributed by atoms with van der Waals surface area (Å²) in [5.41, 5.74) is 0.834. The van der Waals surface area contributed by atoms with Crippen molar-refractivity contribution in [2.24, 2.45) is 0 Å². The van der Waals surface area contributed by atoms with Crippen LogP contribution < -0.4 is 10.6 Å². The third-order valence-corrected chi connectivity index (χ3v) is 2.95. The van der Waals surface area contributed by atoms with Crippen molar-refractivity contribution in [1.29, 1.82) is 0 Å². The topological polar surface area (TPSA) is 87.1 Å². The van der Waals surface area contributed by atoms with Crippen molar-refractivity contribution in [1.82, 2.24) is 15.5 Å². The first-order valence-electron chi connectivity index (χ1n) is 6.73. The van der Waals surface area contributed by atoms with Gasteiger partial charge in [0.2, 0.25) is 0 Å². The summed E-state index contributed by atoms with van der Waals surface area (Å²) in [5.74, 6) is 0.380. The summed E-state index contributed by atoms with van der Waals surface area (Å²) in [7, 11) is 0. The number of aromatic nitrogens is 2. The largest absolute Gasteiger partial charge is 0.388 e. The molecular formula is C15H18N4O2. The van der Waals surface area contributed by atoms with Gasteiger partial charge in [0.1, 0.15) is 0 Å². The lowest BCUT2D eigenvalue weighted by Gasteiger charge is -2.18. The first-order chi connectivity index (χ1) is 10.1. The summed E-state index contributed by atoms with van der Waals surface area (Å²) < 4.78 is 0. The van der Waals surface area contributed by atoms with Crippen molar-refractivity contribution < 1.29 is 9.90 Å². The van der Waals surface area contributed by atoms with Gasteiger partial charge in [0.05, 0.1) is 6.10 Å². The van der Waals surface area contributed by atoms with Crippen molar-refractivity contribution >= 4 is 11.8 Å². The van der Waals surface area contributed by atoms with E-state index in [1.165, 1.54) is 6.20 Å². The van der Waals surface area contributed by atoms with Crippen molar-refractivity contribution in [3.63, 3.8) is 0 Å². The Morgan fingerprint density at radius 3 is 2.67 bits per heavy atom. The molecule has 0 aliphatic carbocycles. The van der Waals surface area contributed by atoms with Crippen molar-refractivity contribution in [3.05, 3.63) is 54.2 Å². The van der Waals surface area contributed by atoms with E-state index in [1.54, 1.807) is 12.1 Å². The summed E-state index contributed by atoms with van der Waals surface area (Å²) >= 11 is 0. The predicted molar refractivity (Wildman–Crippen MR) is 79.7 cm³/mol. The summed E-state index contributed by atoms with van der Waals surface area (Å²) in [6, 6.07) is 12.1. The monoisotopic (exact) mass is 286 g/mol. The van der Waals surface area contributed by atoms with E-state index in [1.807, 2.05) is 37.3 Å². The Kier molecular flexibility index (Phi) is 5.22. The van der Waals surface area contributed by atoms with E-state index in [4.69, 9.17) is 0 Å². The lowest BCUT2D eigenvalue weighted by atomic mass is 10.0. The fourth-order valence-corrected chi connectivity index (χ4v) is 1.95. The maximum atomic E-state index is 11.8. The number of hydrogen-bond acceptors (Lipinski definition) is 4. The molecule has 6 heteroatoms. The van der Waals surface area contributed by atoms with Gasteiger partial charge in [0.15, 0.2) is 5.82 Å². The molecule has 21 heavy (non-hydrogen) atoms. The highest BCUT2D eigenvalue weighted by Gasteiger charge is 2.14. The fourth-order valence-electron chi connectivity index (χ4n) is 1.95. The molecule has 2 unspecified atom stereocenters. The molecule has 2 atom stereocenters. The third-order valence-electron chi connectivity index (χ3n) is 2.95. The van der Waals surface area contributed by atoms with Gasteiger partial charge in [0, 0.05) is 12.2 Å². The van der Waals surface area contributed by atoms with Gasteiger partial charge < -0.3 is 10.4 Å². The van der Waals surface area contributed by atoms with Crippen LogP contribution in [0.2, 0.25) is 0 Å². The molecule has 0 saturated carbocycles. The zero-order chi connectivity index (χ0) is 15.1. The van der Waals surface area contributed by atoms with Crippen molar-refractivity contribution in [2.45, 2.75) is 25.5 Å². The zero-order valence-electron chi connectivity index (χ0n) is 11.7. The summed E-state index contributed by atoms with van der Waals surface area (Å²) in [4.78, 5) is 11.8. The van der Waals surface area contributed by atoms with E-state index in [2.05, 4.69) is 20.8 Å². The highest BCUT2D eigenvalue weighted by Crippen LogP contribution is 2.17. The minimum Gasteiger partial charge on any atom is -0.388 e. The number of carbonyl (C=O) groups is 1. The van der Waals surface area contributed by atoms with Crippen LogP contribution in [0.15, 0.2) is 48.7 Å². The number of urea groups is 1. The van der Waals surface area contributed by atoms with Gasteiger partial charge in [-0.15, -0.1) is 5.10 Å². The van der Waals surface area contributed by atoms with Crippen LogP contribution in [0.3, 0.4) is 0 Å². The second-order valence-corrected chi connectivity index (χ2v) is 4.77. The van der Waals surface area contributed by atoms with Gasteiger partial charge in [-0.05, 0) is 31.0 Å². The van der Waals surface area contributed by atoms with Crippen LogP contribution in [0, 0.1) is 0 Å². The highest BCUT2D eigenvalue weighted by molar-refractivity contribution is 5.88. The molecule has 3 N–H and O–H groups in total. The molecule has 0 aliphatic rings. The van der Waals surface area contributed by atoms with E-state index < -0.39 is 6.10 Å². The van der Waals surface area contributed by atoms with Crippen molar-refractivity contribution in [2.75, 3.05) is 5.32 Å². The maximum Gasteiger partial charge on any atom is 0.320 e. The molecule has 6 nitrogen and oxygen atoms in total. The average Bonchev–Trinajstić information content (AvgIpc) is 2.48. The van der Waals surface area contributed by atoms with Crippen LogP contribution in [0.5, 0.6) is 0 Å². The molecule has 0 radical (unpaired) electrons. The Bertz CT molecular complexity index is 562. The molecule has 1 aromatic carbocycles. The zero-order valence-corrected chi connectivity index (χ0v) is 11.7. The third kappa shape index (κ3) is 4.85. The van der Waals surface area contributed by atoms with E-state index in [0.29, 0.717) is 12.2 Å². The molecule has 0 fully saturated rings. The second kappa shape index (κ2) is 7.35. The van der Waals surface area contributed by atoms with Gasteiger partial charge >= 0.3 is 6.03 Å². The number of hydrogen-bond donors (Lipinski definition) is 3. The van der Waals surface area contributed by atoms with Crippen LogP contribution in [-0.2, 0) is 0 Å². The number of aliphatic hydroxyl groups is 1. The van der Waals surface area contributed by atoms with Gasteiger partial charge in [-0.25, -0.2) is 4.79 Å². The highest BCUT2D eigenvalue weighted by atomic mass is 16.3. The first kappa shape index (κ1) is 14.9. The number of carbonyl (C=O) groups excluding carboxylic acids is 1. The average molecular weight is 286 g/mol. The van der Waals surface area contributed by atoms with Gasteiger partial charge in [-0.2, -0.15) is 5.10 Å². The van der Waals surface area contributed by atoms with Crippen LogP contribution in [0.4, 0.5) is 10.6 Å². The van der Waals surface area contributed by atoms with Crippen LogP contribution >= 0.6 is 0 Å². The number of rotatable bonds is 5. The lowest BCUT2D eigenvalue weighted by molar-refractivity contribution is 0.155. The van der Waals surface area contributed by atoms with Crippen LogP contribution in [-0.4, -0.2) is 27.4 Å². The normalized spacial score (nSPS) is 13.2. The Morgan fingerprint density at radius 2 is 2.00 bits per heavy atom. The molecule has 2 rings (SSSR count). The second-order valence-electron chi connectivity index (χ2n) is 4.77. The number of nitrogens with one attached hydrogen (secondary N) is 2. The molecule has 0 bridgehead atoms. The van der Waals surface area contributed by atoms with Crippen LogP contribution in [0.25, 0.3) is 0 Å². The van der Waals surface area contributed by atoms with Crippen molar-refractivity contribution in [3.8, 4) is 0 Å². The van der Waals surface area contributed by atoms with E-state index >= 15 is 0 Å². The molecule has 2 aromatic rings. The molecule has 0 spiro atoms. The Labute approximate surface area is 123 Å². The molecule has 0 saturated heterocycles. The number of aliphatic hydroxyl groups excluding tert-OH is 1. The quantitative estimate of drug-likeness (QED) is 0.785. The SMILES string of the molecule is CC(CC(O)c1ccccc1)NC(=O)Nc1cccnn1. The number of amides is 2. The Balaban J connectivity index is 1.81. The van der Waals surface area contributed by atoms with Gasteiger partial charge in [-0.1, -0.05) is 30.3 Å². The summed E-state index contributed by atoms with van der Waals surface area (Å²) in [5, 5.41) is 22.9.